The van der Waals surface area contributed by atoms with Crippen molar-refractivity contribution in [3.8, 4) is 5.75 Å². The monoisotopic (exact) mass is 460 g/mol. The maximum atomic E-state index is 13.0. The number of methoxy groups -OCH3 is 1. The van der Waals surface area contributed by atoms with Gasteiger partial charge in [-0.25, -0.2) is 0 Å². The second-order valence-electron chi connectivity index (χ2n) is 7.65. The highest BCUT2D eigenvalue weighted by atomic mass is 35.5. The maximum absolute atomic E-state index is 13.0. The van der Waals surface area contributed by atoms with Crippen LogP contribution in [-0.2, 0) is 19.7 Å². The van der Waals surface area contributed by atoms with Crippen molar-refractivity contribution in [3.63, 3.8) is 0 Å². The van der Waals surface area contributed by atoms with Gasteiger partial charge < -0.3 is 14.8 Å². The summed E-state index contributed by atoms with van der Waals surface area (Å²) in [5, 5.41) is 3.31. The molecular weight excluding hydrogens is 432 g/mol. The summed E-state index contributed by atoms with van der Waals surface area (Å²) < 4.78 is 39.8. The molecule has 0 saturated carbocycles. The molecule has 2 aliphatic heterocycles. The van der Waals surface area contributed by atoms with Crippen LogP contribution in [0.5, 0.6) is 5.75 Å². The molecule has 9 nitrogen and oxygen atoms in total. The smallest absolute Gasteiger partial charge is 0.282 e. The van der Waals surface area contributed by atoms with E-state index < -0.39 is 10.2 Å². The molecule has 1 N–H and O–H groups in total. The molecule has 2 aliphatic rings. The zero-order valence-electron chi connectivity index (χ0n) is 17.5. The second kappa shape index (κ2) is 9.80. The van der Waals surface area contributed by atoms with E-state index in [1.807, 2.05) is 18.7 Å². The van der Waals surface area contributed by atoms with Crippen LogP contribution >= 0.6 is 11.6 Å². The van der Waals surface area contributed by atoms with E-state index in [0.717, 1.165) is 0 Å². The number of morpholine rings is 1. The van der Waals surface area contributed by atoms with Gasteiger partial charge in [0.05, 0.1) is 31.5 Å². The summed E-state index contributed by atoms with van der Waals surface area (Å²) in [7, 11) is -2.01. The number of piperazine rings is 1. The molecule has 3 rings (SSSR count). The summed E-state index contributed by atoms with van der Waals surface area (Å²) in [6, 6.07) is 5.01. The first-order valence-corrected chi connectivity index (χ1v) is 11.7. The van der Waals surface area contributed by atoms with Crippen molar-refractivity contribution in [3.05, 3.63) is 23.2 Å². The molecule has 0 bridgehead atoms. The molecule has 30 heavy (non-hydrogen) atoms. The van der Waals surface area contributed by atoms with Crippen molar-refractivity contribution in [2.24, 2.45) is 0 Å². The molecule has 0 unspecified atom stereocenters. The van der Waals surface area contributed by atoms with Gasteiger partial charge in [-0.3, -0.25) is 9.69 Å². The average Bonchev–Trinajstić information content (AvgIpc) is 2.68. The second-order valence-corrected chi connectivity index (χ2v) is 10.0. The number of carbonyl (C=O) groups is 1. The van der Waals surface area contributed by atoms with Crippen LogP contribution in [0.4, 0.5) is 5.69 Å². The lowest BCUT2D eigenvalue weighted by atomic mass is 10.3. The highest BCUT2D eigenvalue weighted by Crippen LogP contribution is 2.27. The van der Waals surface area contributed by atoms with Gasteiger partial charge in [-0.15, -0.1) is 0 Å². The van der Waals surface area contributed by atoms with Gasteiger partial charge in [-0.05, 0) is 32.0 Å². The molecule has 2 heterocycles. The number of anilines is 1. The number of ether oxygens (including phenoxy) is 2. The number of halogens is 1. The summed E-state index contributed by atoms with van der Waals surface area (Å²) in [5.74, 6) is 0.320. The highest BCUT2D eigenvalue weighted by Gasteiger charge is 2.36. The fraction of sp³-hybridized carbons (Fsp3) is 0.632. The van der Waals surface area contributed by atoms with Crippen LogP contribution < -0.4 is 10.1 Å². The van der Waals surface area contributed by atoms with E-state index in [2.05, 4.69) is 5.32 Å². The first-order chi connectivity index (χ1) is 14.2. The van der Waals surface area contributed by atoms with E-state index in [-0.39, 0.29) is 24.7 Å². The number of carbonyl (C=O) groups excluding carboxylic acids is 1. The number of rotatable bonds is 6. The van der Waals surface area contributed by atoms with E-state index >= 15 is 0 Å². The van der Waals surface area contributed by atoms with E-state index in [1.165, 1.54) is 15.7 Å². The lowest BCUT2D eigenvalue weighted by Crippen LogP contribution is -2.57. The van der Waals surface area contributed by atoms with Gasteiger partial charge in [0.25, 0.3) is 10.2 Å². The Balaban J connectivity index is 1.53. The Bertz CT molecular complexity index is 850. The molecule has 2 saturated heterocycles. The zero-order chi connectivity index (χ0) is 21.9. The first kappa shape index (κ1) is 23.2. The number of amides is 1. The van der Waals surface area contributed by atoms with Gasteiger partial charge in [0.2, 0.25) is 5.91 Å². The van der Waals surface area contributed by atoms with Crippen molar-refractivity contribution < 1.29 is 22.7 Å². The minimum Gasteiger partial charge on any atom is -0.495 e. The van der Waals surface area contributed by atoms with Crippen molar-refractivity contribution in [1.82, 2.24) is 13.5 Å². The van der Waals surface area contributed by atoms with E-state index in [1.54, 1.807) is 18.2 Å². The van der Waals surface area contributed by atoms with Gasteiger partial charge in [0.15, 0.2) is 0 Å². The number of nitrogens with one attached hydrogen (secondary N) is 1. The lowest BCUT2D eigenvalue weighted by Gasteiger charge is -2.40. The van der Waals surface area contributed by atoms with Gasteiger partial charge in [-0.1, -0.05) is 11.6 Å². The van der Waals surface area contributed by atoms with Crippen LogP contribution in [0.3, 0.4) is 0 Å². The van der Waals surface area contributed by atoms with E-state index in [4.69, 9.17) is 21.1 Å². The number of nitrogens with zero attached hydrogens (tertiary/aromatic N) is 3. The van der Waals surface area contributed by atoms with Crippen LogP contribution in [0.15, 0.2) is 18.2 Å². The molecule has 0 aromatic heterocycles. The standard InChI is InChI=1S/C19H29ClN4O5S/c1-14-11-24(12-15(2)29-14)30(26,27)23-8-6-22(7-9-23)13-19(25)21-17-10-16(20)4-5-18(17)28-3/h4-5,10,14-15H,6-9,11-13H2,1-3H3,(H,21,25)/t14-,15+. The minimum absolute atomic E-state index is 0.128. The largest absolute Gasteiger partial charge is 0.495 e. The van der Waals surface area contributed by atoms with E-state index in [0.29, 0.717) is 55.7 Å². The van der Waals surface area contributed by atoms with Crippen LogP contribution in [-0.4, -0.2) is 93.0 Å². The fourth-order valence-corrected chi connectivity index (χ4v) is 5.69. The number of hydrogen-bond donors (Lipinski definition) is 1. The van der Waals surface area contributed by atoms with Gasteiger partial charge in [0, 0.05) is 44.3 Å². The quantitative estimate of drug-likeness (QED) is 0.687. The topological polar surface area (TPSA) is 91.4 Å². The average molecular weight is 461 g/mol. The normalized spacial score (nSPS) is 24.5. The molecule has 1 amide bonds. The summed E-state index contributed by atoms with van der Waals surface area (Å²) in [4.78, 5) is 14.4. The molecule has 1 aromatic carbocycles. The molecule has 168 valence electrons. The zero-order valence-corrected chi connectivity index (χ0v) is 19.1. The maximum Gasteiger partial charge on any atom is 0.282 e. The number of hydrogen-bond acceptors (Lipinski definition) is 6. The summed E-state index contributed by atoms with van der Waals surface area (Å²) in [5.41, 5.74) is 0.506. The Morgan fingerprint density at radius 3 is 2.40 bits per heavy atom. The van der Waals surface area contributed by atoms with Gasteiger partial charge in [0.1, 0.15) is 5.75 Å². The van der Waals surface area contributed by atoms with E-state index in [9.17, 15) is 13.2 Å². The highest BCUT2D eigenvalue weighted by molar-refractivity contribution is 7.86. The predicted octanol–water partition coefficient (Wildman–Crippen LogP) is 1.26. The third-order valence-corrected chi connectivity index (χ3v) is 7.38. The Morgan fingerprint density at radius 1 is 1.17 bits per heavy atom. The molecule has 0 radical (unpaired) electrons. The summed E-state index contributed by atoms with van der Waals surface area (Å²) in [6.07, 6.45) is -0.256. The molecule has 11 heteroatoms. The lowest BCUT2D eigenvalue weighted by molar-refractivity contribution is -0.117. The summed E-state index contributed by atoms with van der Waals surface area (Å²) >= 11 is 6.00. The van der Waals surface area contributed by atoms with Crippen LogP contribution in [0.25, 0.3) is 0 Å². The SMILES string of the molecule is COc1ccc(Cl)cc1NC(=O)CN1CCN(S(=O)(=O)N2C[C@@H](C)O[C@@H](C)C2)CC1. The third kappa shape index (κ3) is 5.63. The Kier molecular flexibility index (Phi) is 7.59. The van der Waals surface area contributed by atoms with Crippen molar-refractivity contribution >= 4 is 33.4 Å². The molecule has 1 aromatic rings. The van der Waals surface area contributed by atoms with Crippen LogP contribution in [0.2, 0.25) is 5.02 Å². The molecule has 0 spiro atoms. The molecule has 2 atom stereocenters. The number of benzene rings is 1. The molecule has 0 aliphatic carbocycles. The van der Waals surface area contributed by atoms with Crippen molar-refractivity contribution in [1.29, 1.82) is 0 Å². The third-order valence-electron chi connectivity index (χ3n) is 5.17. The van der Waals surface area contributed by atoms with Crippen LogP contribution in [0, 0.1) is 0 Å². The Hall–Kier alpha value is -1.43. The molecule has 2 fully saturated rings. The Morgan fingerprint density at radius 2 is 1.80 bits per heavy atom. The fourth-order valence-electron chi connectivity index (χ4n) is 3.77. The van der Waals surface area contributed by atoms with Crippen molar-refractivity contribution in [2.75, 3.05) is 58.2 Å². The Labute approximate surface area is 183 Å². The summed E-state index contributed by atoms with van der Waals surface area (Å²) in [6.45, 7) is 6.28. The minimum atomic E-state index is -3.54. The predicted molar refractivity (Wildman–Crippen MR) is 115 cm³/mol. The van der Waals surface area contributed by atoms with Crippen molar-refractivity contribution in [2.45, 2.75) is 26.1 Å². The first-order valence-electron chi connectivity index (χ1n) is 9.95. The molecular formula is C19H29ClN4O5S. The van der Waals surface area contributed by atoms with Gasteiger partial charge >= 0.3 is 0 Å². The van der Waals surface area contributed by atoms with Gasteiger partial charge in [-0.2, -0.15) is 17.0 Å². The van der Waals surface area contributed by atoms with Crippen LogP contribution in [0.1, 0.15) is 13.8 Å².